The van der Waals surface area contributed by atoms with Gasteiger partial charge in [0.2, 0.25) is 0 Å². The second-order valence-corrected chi connectivity index (χ2v) is 0. The van der Waals surface area contributed by atoms with Crippen LogP contribution in [-0.4, -0.2) is 54.2 Å². The van der Waals surface area contributed by atoms with Crippen molar-refractivity contribution in [3.63, 3.8) is 0 Å². The molecule has 5 heavy (non-hydrogen) atoms. The van der Waals surface area contributed by atoms with E-state index in [9.17, 15) is 0 Å². The van der Waals surface area contributed by atoms with Crippen LogP contribution in [0.1, 0.15) is 0 Å². The summed E-state index contributed by atoms with van der Waals surface area (Å²) in [5.74, 6) is 0. The predicted octanol–water partition coefficient (Wildman–Crippen LogP) is -2.86. The van der Waals surface area contributed by atoms with Gasteiger partial charge in [0.05, 0.1) is 0 Å². The van der Waals surface area contributed by atoms with E-state index in [0.717, 1.165) is 0 Å². The van der Waals surface area contributed by atoms with Gasteiger partial charge >= 0.3 is 0 Å². The van der Waals surface area contributed by atoms with Gasteiger partial charge in [-0.2, -0.15) is 0 Å². The Kier molecular flexibility index (Phi) is 468. The van der Waals surface area contributed by atoms with Gasteiger partial charge in [-0.15, -0.1) is 0 Å². The van der Waals surface area contributed by atoms with Gasteiger partial charge in [0.1, 0.15) is 0 Å². The van der Waals surface area contributed by atoms with Crippen molar-refractivity contribution in [2.24, 2.45) is 0 Å². The average Bonchev–Trinajstić information content (AvgIpc) is 0. The summed E-state index contributed by atoms with van der Waals surface area (Å²) in [5, 5.41) is 0. The predicted molar refractivity (Wildman–Crippen MR) is 16.6 cm³/mol. The van der Waals surface area contributed by atoms with Crippen LogP contribution >= 0.6 is 0 Å². The summed E-state index contributed by atoms with van der Waals surface area (Å²) in [6.07, 6.45) is 0. The third-order valence-corrected chi connectivity index (χ3v) is 0. The Hall–Kier alpha value is 2.01. The summed E-state index contributed by atoms with van der Waals surface area (Å²) in [6.45, 7) is 0. The van der Waals surface area contributed by atoms with Crippen LogP contribution in [0.3, 0.4) is 0 Å². The summed E-state index contributed by atoms with van der Waals surface area (Å²) in [6, 6.07) is 0. The Morgan fingerprint density at radius 2 is 0.600 bits per heavy atom. The van der Waals surface area contributed by atoms with Gasteiger partial charge in [0.25, 0.3) is 0 Å². The topological polar surface area (TPSA) is 94.5 Å². The Balaban J connectivity index is 0. The first kappa shape index (κ1) is 62.7. The first-order valence-corrected chi connectivity index (χ1v) is 0. The van der Waals surface area contributed by atoms with Crippen LogP contribution in [0, 0.1) is 0 Å². The summed E-state index contributed by atoms with van der Waals surface area (Å²) < 4.78 is 0. The fraction of sp³-hybridized carbons (Fsp3) is 0. The van der Waals surface area contributed by atoms with E-state index < -0.39 is 0 Å². The molecule has 0 atom stereocenters. The Labute approximate surface area is 78.8 Å². The fourth-order valence-corrected chi connectivity index (χ4v) is 0. The zero-order valence-electron chi connectivity index (χ0n) is 2.71. The minimum absolute atomic E-state index is 0. The van der Waals surface area contributed by atoms with E-state index in [1.54, 1.807) is 0 Å². The molecule has 0 fully saturated rings. The molecular formula is H6CaHfO3. The summed E-state index contributed by atoms with van der Waals surface area (Å²) in [7, 11) is 0. The molecular weight excluding hydrogens is 267 g/mol. The van der Waals surface area contributed by atoms with Crippen molar-refractivity contribution in [2.75, 3.05) is 0 Å². The molecule has 0 unspecified atom stereocenters. The van der Waals surface area contributed by atoms with E-state index in [1.165, 1.54) is 0 Å². The van der Waals surface area contributed by atoms with Crippen molar-refractivity contribution in [3.05, 3.63) is 0 Å². The summed E-state index contributed by atoms with van der Waals surface area (Å²) in [5.41, 5.74) is 0. The van der Waals surface area contributed by atoms with Crippen LogP contribution in [0.15, 0.2) is 0 Å². The molecule has 0 aromatic carbocycles. The Morgan fingerprint density at radius 1 is 0.600 bits per heavy atom. The fourth-order valence-electron chi connectivity index (χ4n) is 0. The van der Waals surface area contributed by atoms with E-state index in [-0.39, 0.29) is 80.0 Å². The Morgan fingerprint density at radius 3 is 0.600 bits per heavy atom. The maximum absolute atomic E-state index is 0. The molecule has 5 heteroatoms. The van der Waals surface area contributed by atoms with Crippen LogP contribution in [0.2, 0.25) is 0 Å². The van der Waals surface area contributed by atoms with Gasteiger partial charge in [-0.1, -0.05) is 0 Å². The van der Waals surface area contributed by atoms with E-state index in [4.69, 9.17) is 0 Å². The van der Waals surface area contributed by atoms with Crippen molar-refractivity contribution < 1.29 is 42.3 Å². The average molecular weight is 273 g/mol. The quantitative estimate of drug-likeness (QED) is 0.424. The van der Waals surface area contributed by atoms with E-state index in [0.29, 0.717) is 0 Å². The normalized spacial score (nSPS) is 0. The maximum atomic E-state index is 0. The second kappa shape index (κ2) is 37.3. The monoisotopic (exact) mass is 274 g/mol. The molecule has 0 amide bonds. The SMILES string of the molecule is O.O.O.[Ca].[Hf]. The van der Waals surface area contributed by atoms with Gasteiger partial charge in [0.15, 0.2) is 0 Å². The molecule has 0 spiro atoms. The van der Waals surface area contributed by atoms with Gasteiger partial charge in [-0.3, -0.25) is 0 Å². The number of hydrogen-bond acceptors (Lipinski definition) is 0. The van der Waals surface area contributed by atoms with Crippen LogP contribution < -0.4 is 0 Å². The van der Waals surface area contributed by atoms with Crippen molar-refractivity contribution in [1.82, 2.24) is 0 Å². The van der Waals surface area contributed by atoms with Crippen LogP contribution in [-0.2, 0) is 25.8 Å². The van der Waals surface area contributed by atoms with Gasteiger partial charge in [0, 0.05) is 63.6 Å². The summed E-state index contributed by atoms with van der Waals surface area (Å²) >= 11 is 0. The van der Waals surface area contributed by atoms with Crippen molar-refractivity contribution >= 4 is 37.7 Å². The van der Waals surface area contributed by atoms with Gasteiger partial charge in [-0.05, 0) is 0 Å². The van der Waals surface area contributed by atoms with Crippen molar-refractivity contribution in [1.29, 1.82) is 0 Å². The second-order valence-electron chi connectivity index (χ2n) is 0. The molecule has 0 heterocycles. The molecule has 0 saturated carbocycles. The number of hydrogen-bond donors (Lipinski definition) is 0. The first-order chi connectivity index (χ1) is 0. The van der Waals surface area contributed by atoms with Crippen molar-refractivity contribution in [3.8, 4) is 0 Å². The summed E-state index contributed by atoms with van der Waals surface area (Å²) in [4.78, 5) is 0. The van der Waals surface area contributed by atoms with Crippen LogP contribution in [0.5, 0.6) is 0 Å². The van der Waals surface area contributed by atoms with Crippen molar-refractivity contribution in [2.45, 2.75) is 0 Å². The molecule has 0 saturated heterocycles. The largest absolute Gasteiger partial charge is 0.412 e. The molecule has 6 N–H and O–H groups in total. The molecule has 0 rings (SSSR count). The zero-order chi connectivity index (χ0) is 0. The molecule has 0 aromatic rings. The molecule has 0 aromatic heterocycles. The molecule has 30 valence electrons. The molecule has 0 aliphatic rings. The molecule has 2 radical (unpaired) electrons. The van der Waals surface area contributed by atoms with Gasteiger partial charge in [-0.25, -0.2) is 0 Å². The third kappa shape index (κ3) is 23.9. The Bertz CT molecular complexity index is 6.85. The smallest absolute Gasteiger partial charge is 0 e. The van der Waals surface area contributed by atoms with Gasteiger partial charge < -0.3 is 16.4 Å². The molecule has 0 aliphatic carbocycles. The minimum atomic E-state index is 0. The van der Waals surface area contributed by atoms with E-state index >= 15 is 0 Å². The minimum Gasteiger partial charge on any atom is -0.412 e. The van der Waals surface area contributed by atoms with Crippen LogP contribution in [0.25, 0.3) is 0 Å². The maximum Gasteiger partial charge on any atom is 0 e. The molecule has 3 nitrogen and oxygen atoms in total. The molecule has 0 aliphatic heterocycles. The van der Waals surface area contributed by atoms with E-state index in [2.05, 4.69) is 0 Å². The standard InChI is InChI=1S/Ca.Hf.3H2O/h;;3*1H2. The first-order valence-electron chi connectivity index (χ1n) is 0. The zero-order valence-corrected chi connectivity index (χ0v) is 8.51. The third-order valence-electron chi connectivity index (χ3n) is 0. The number of rotatable bonds is 0. The molecule has 0 bridgehead atoms. The van der Waals surface area contributed by atoms with Crippen LogP contribution in [0.4, 0.5) is 0 Å². The van der Waals surface area contributed by atoms with E-state index in [1.807, 2.05) is 0 Å².